The first-order valence-electron chi connectivity index (χ1n) is 8.92. The molecule has 0 spiro atoms. The van der Waals surface area contributed by atoms with Crippen LogP contribution in [-0.2, 0) is 16.1 Å². The Hall–Kier alpha value is -3.52. The summed E-state index contributed by atoms with van der Waals surface area (Å²) < 4.78 is 5.39. The fourth-order valence-electron chi connectivity index (χ4n) is 2.36. The van der Waals surface area contributed by atoms with Crippen LogP contribution < -0.4 is 16.0 Å². The molecule has 0 aliphatic carbocycles. The second-order valence-corrected chi connectivity index (χ2v) is 5.92. The van der Waals surface area contributed by atoms with E-state index >= 15 is 0 Å². The molecule has 8 heteroatoms. The Balaban J connectivity index is 1.30. The molecule has 0 aliphatic heterocycles. The zero-order valence-electron chi connectivity index (χ0n) is 15.3. The first-order chi connectivity index (χ1) is 13.8. The van der Waals surface area contributed by atoms with Crippen molar-refractivity contribution in [2.24, 2.45) is 0 Å². The van der Waals surface area contributed by atoms with E-state index in [0.717, 1.165) is 11.3 Å². The van der Waals surface area contributed by atoms with Gasteiger partial charge in [-0.05, 0) is 29.8 Å². The summed E-state index contributed by atoms with van der Waals surface area (Å²) in [6.45, 7) is 1.45. The number of anilines is 3. The van der Waals surface area contributed by atoms with Crippen LogP contribution in [0.1, 0.15) is 5.56 Å². The summed E-state index contributed by atoms with van der Waals surface area (Å²) in [6.07, 6.45) is 3.40. The molecule has 144 valence electrons. The van der Waals surface area contributed by atoms with Gasteiger partial charge in [0, 0.05) is 31.2 Å². The van der Waals surface area contributed by atoms with Crippen LogP contribution in [0.2, 0.25) is 0 Å². The maximum atomic E-state index is 11.8. The lowest BCUT2D eigenvalue weighted by Crippen LogP contribution is -2.31. The molecule has 0 fully saturated rings. The van der Waals surface area contributed by atoms with Crippen LogP contribution >= 0.6 is 0 Å². The summed E-state index contributed by atoms with van der Waals surface area (Å²) in [7, 11) is 0. The van der Waals surface area contributed by atoms with E-state index in [1.54, 1.807) is 12.4 Å². The van der Waals surface area contributed by atoms with Crippen molar-refractivity contribution in [1.82, 2.24) is 20.5 Å². The lowest BCUT2D eigenvalue weighted by atomic mass is 10.2. The molecule has 0 saturated heterocycles. The van der Waals surface area contributed by atoms with E-state index < -0.39 is 0 Å². The van der Waals surface area contributed by atoms with Crippen molar-refractivity contribution in [2.75, 3.05) is 30.3 Å². The van der Waals surface area contributed by atoms with Crippen LogP contribution in [0.15, 0.2) is 67.0 Å². The average Bonchev–Trinajstić information content (AvgIpc) is 2.74. The zero-order chi connectivity index (χ0) is 19.4. The number of benzene rings is 1. The number of carbonyl (C=O) groups is 1. The predicted molar refractivity (Wildman–Crippen MR) is 107 cm³/mol. The lowest BCUT2D eigenvalue weighted by Gasteiger charge is -2.09. The molecular formula is C20H22N6O2. The highest BCUT2D eigenvalue weighted by Gasteiger charge is 2.02. The zero-order valence-corrected chi connectivity index (χ0v) is 15.3. The van der Waals surface area contributed by atoms with Crippen LogP contribution in [0.3, 0.4) is 0 Å². The Kier molecular flexibility index (Phi) is 7.28. The first kappa shape index (κ1) is 19.2. The molecule has 2 aromatic heterocycles. The van der Waals surface area contributed by atoms with E-state index in [1.807, 2.05) is 54.6 Å². The molecule has 0 saturated carbocycles. The number of pyridine rings is 1. The number of ether oxygens (including phenoxy) is 1. The summed E-state index contributed by atoms with van der Waals surface area (Å²) in [4.78, 5) is 15.7. The summed E-state index contributed by atoms with van der Waals surface area (Å²) in [5.74, 6) is 1.12. The molecule has 3 rings (SSSR count). The van der Waals surface area contributed by atoms with E-state index in [-0.39, 0.29) is 12.5 Å². The second kappa shape index (κ2) is 10.6. The first-order valence-corrected chi connectivity index (χ1v) is 8.92. The molecule has 28 heavy (non-hydrogen) atoms. The van der Waals surface area contributed by atoms with Gasteiger partial charge in [-0.3, -0.25) is 9.78 Å². The Bertz CT molecular complexity index is 844. The molecule has 0 bridgehead atoms. The van der Waals surface area contributed by atoms with Gasteiger partial charge in [0.1, 0.15) is 12.4 Å². The van der Waals surface area contributed by atoms with Gasteiger partial charge >= 0.3 is 0 Å². The van der Waals surface area contributed by atoms with Crippen LogP contribution in [0.5, 0.6) is 0 Å². The molecule has 0 atom stereocenters. The minimum absolute atomic E-state index is 0.0318. The average molecular weight is 378 g/mol. The molecule has 2 heterocycles. The van der Waals surface area contributed by atoms with E-state index in [2.05, 4.69) is 31.1 Å². The topological polar surface area (TPSA) is 101 Å². The number of nitrogens with zero attached hydrogens (tertiary/aromatic N) is 3. The highest BCUT2D eigenvalue weighted by molar-refractivity contribution is 5.77. The van der Waals surface area contributed by atoms with E-state index in [9.17, 15) is 4.79 Å². The predicted octanol–water partition coefficient (Wildman–Crippen LogP) is 2.36. The number of aromatic nitrogens is 3. The smallest absolute Gasteiger partial charge is 0.246 e. The molecular weight excluding hydrogens is 356 g/mol. The van der Waals surface area contributed by atoms with Gasteiger partial charge in [0.25, 0.3) is 0 Å². The van der Waals surface area contributed by atoms with E-state index in [0.29, 0.717) is 31.3 Å². The largest absolute Gasteiger partial charge is 0.367 e. The molecule has 1 amide bonds. The SMILES string of the molecule is O=C(COCc1ccccc1)NCCNc1ccc(Nc2ccncc2)nn1. The van der Waals surface area contributed by atoms with Gasteiger partial charge in [0.05, 0.1) is 6.61 Å². The maximum Gasteiger partial charge on any atom is 0.246 e. The fraction of sp³-hybridized carbons (Fsp3) is 0.200. The Morgan fingerprint density at radius 3 is 2.39 bits per heavy atom. The third-order valence-electron chi connectivity index (χ3n) is 3.72. The monoisotopic (exact) mass is 378 g/mol. The molecule has 3 N–H and O–H groups in total. The fourth-order valence-corrected chi connectivity index (χ4v) is 2.36. The van der Waals surface area contributed by atoms with Crippen molar-refractivity contribution >= 4 is 23.2 Å². The third-order valence-corrected chi connectivity index (χ3v) is 3.72. The van der Waals surface area contributed by atoms with Gasteiger partial charge in [-0.2, -0.15) is 0 Å². The highest BCUT2D eigenvalue weighted by atomic mass is 16.5. The lowest BCUT2D eigenvalue weighted by molar-refractivity contribution is -0.126. The van der Waals surface area contributed by atoms with Gasteiger partial charge in [-0.1, -0.05) is 30.3 Å². The number of carbonyl (C=O) groups excluding carboxylic acids is 1. The van der Waals surface area contributed by atoms with Crippen molar-refractivity contribution in [3.63, 3.8) is 0 Å². The number of amides is 1. The van der Waals surface area contributed by atoms with Crippen molar-refractivity contribution in [1.29, 1.82) is 0 Å². The van der Waals surface area contributed by atoms with Crippen LogP contribution in [0.4, 0.5) is 17.3 Å². The summed E-state index contributed by atoms with van der Waals surface area (Å²) in [5, 5.41) is 17.2. The standard InChI is InChI=1S/C20H22N6O2/c27-20(15-28-14-16-4-2-1-3-5-16)23-13-12-22-18-6-7-19(26-25-18)24-17-8-10-21-11-9-17/h1-11H,12-15H2,(H,22,25)(H,23,27)(H,21,24,26). The van der Waals surface area contributed by atoms with E-state index in [1.165, 1.54) is 0 Å². The van der Waals surface area contributed by atoms with Crippen molar-refractivity contribution < 1.29 is 9.53 Å². The number of hydrogen-bond acceptors (Lipinski definition) is 7. The number of hydrogen-bond donors (Lipinski definition) is 3. The molecule has 3 aromatic rings. The van der Waals surface area contributed by atoms with Crippen molar-refractivity contribution in [3.05, 3.63) is 72.6 Å². The molecule has 1 aromatic carbocycles. The minimum atomic E-state index is -0.152. The van der Waals surface area contributed by atoms with Gasteiger partial charge in [0.15, 0.2) is 5.82 Å². The summed E-state index contributed by atoms with van der Waals surface area (Å²) in [6, 6.07) is 17.1. The van der Waals surface area contributed by atoms with Crippen LogP contribution in [-0.4, -0.2) is 40.8 Å². The molecule has 0 radical (unpaired) electrons. The van der Waals surface area contributed by atoms with Crippen LogP contribution in [0.25, 0.3) is 0 Å². The van der Waals surface area contributed by atoms with E-state index in [4.69, 9.17) is 4.74 Å². The minimum Gasteiger partial charge on any atom is -0.367 e. The summed E-state index contributed by atoms with van der Waals surface area (Å²) in [5.41, 5.74) is 1.93. The van der Waals surface area contributed by atoms with Gasteiger partial charge in [-0.15, -0.1) is 10.2 Å². The number of rotatable bonds is 10. The van der Waals surface area contributed by atoms with Crippen LogP contribution in [0, 0.1) is 0 Å². The van der Waals surface area contributed by atoms with Gasteiger partial charge in [0.2, 0.25) is 5.91 Å². The third kappa shape index (κ3) is 6.65. The highest BCUT2D eigenvalue weighted by Crippen LogP contribution is 2.13. The van der Waals surface area contributed by atoms with Gasteiger partial charge in [-0.25, -0.2) is 0 Å². The Morgan fingerprint density at radius 1 is 0.893 bits per heavy atom. The van der Waals surface area contributed by atoms with Crippen molar-refractivity contribution in [2.45, 2.75) is 6.61 Å². The molecule has 8 nitrogen and oxygen atoms in total. The Labute approximate surface area is 163 Å². The maximum absolute atomic E-state index is 11.8. The number of nitrogens with one attached hydrogen (secondary N) is 3. The molecule has 0 aliphatic rings. The molecule has 0 unspecified atom stereocenters. The van der Waals surface area contributed by atoms with Crippen molar-refractivity contribution in [3.8, 4) is 0 Å². The summed E-state index contributed by atoms with van der Waals surface area (Å²) >= 11 is 0. The Morgan fingerprint density at radius 2 is 1.64 bits per heavy atom. The second-order valence-electron chi connectivity index (χ2n) is 5.92. The van der Waals surface area contributed by atoms with Gasteiger partial charge < -0.3 is 20.7 Å². The normalized spacial score (nSPS) is 10.3. The quantitative estimate of drug-likeness (QED) is 0.466.